The molecule has 0 saturated heterocycles. The zero-order valence-corrected chi connectivity index (χ0v) is 13.7. The van der Waals surface area contributed by atoms with Crippen LogP contribution in [0.5, 0.6) is 0 Å². The minimum atomic E-state index is 0.104. The van der Waals surface area contributed by atoms with Crippen LogP contribution in [0.4, 0.5) is 10.8 Å². The van der Waals surface area contributed by atoms with E-state index in [0.29, 0.717) is 6.54 Å². The smallest absolute Gasteiger partial charge is 0.223 e. The first-order valence-corrected chi connectivity index (χ1v) is 8.15. The fourth-order valence-electron chi connectivity index (χ4n) is 2.78. The average molecular weight is 313 g/mol. The lowest BCUT2D eigenvalue weighted by molar-refractivity contribution is -0.116. The minimum absolute atomic E-state index is 0.104. The minimum Gasteiger partial charge on any atom is -0.358 e. The maximum Gasteiger partial charge on any atom is 0.223 e. The van der Waals surface area contributed by atoms with E-state index >= 15 is 0 Å². The van der Waals surface area contributed by atoms with Gasteiger partial charge in [-0.15, -0.1) is 17.9 Å². The number of carbonyl (C=O) groups is 1. The molecule has 4 nitrogen and oxygen atoms in total. The molecule has 1 aliphatic heterocycles. The van der Waals surface area contributed by atoms with E-state index in [4.69, 9.17) is 0 Å². The fourth-order valence-corrected chi connectivity index (χ4v) is 3.62. The van der Waals surface area contributed by atoms with Crippen molar-refractivity contribution in [1.82, 2.24) is 4.98 Å². The van der Waals surface area contributed by atoms with Crippen LogP contribution in [0.1, 0.15) is 17.4 Å². The third-order valence-electron chi connectivity index (χ3n) is 3.82. The number of aryl methyl sites for hydroxylation is 1. The Kier molecular flexibility index (Phi) is 3.98. The number of thiazole rings is 1. The molecule has 0 aliphatic carbocycles. The Hall–Kier alpha value is -2.14. The molecule has 1 N–H and O–H groups in total. The number of hydrogen-bond donors (Lipinski definition) is 1. The average Bonchev–Trinajstić information content (AvgIpc) is 3.07. The second kappa shape index (κ2) is 5.93. The van der Waals surface area contributed by atoms with Crippen molar-refractivity contribution < 1.29 is 4.79 Å². The molecule has 0 radical (unpaired) electrons. The van der Waals surface area contributed by atoms with Gasteiger partial charge in [0.2, 0.25) is 5.91 Å². The van der Waals surface area contributed by atoms with Gasteiger partial charge in [-0.25, -0.2) is 4.98 Å². The summed E-state index contributed by atoms with van der Waals surface area (Å²) >= 11 is 1.65. The lowest BCUT2D eigenvalue weighted by Gasteiger charge is -2.14. The van der Waals surface area contributed by atoms with Gasteiger partial charge in [0.1, 0.15) is 0 Å². The van der Waals surface area contributed by atoms with E-state index in [1.54, 1.807) is 18.3 Å². The van der Waals surface area contributed by atoms with Gasteiger partial charge in [-0.2, -0.15) is 0 Å². The highest BCUT2D eigenvalue weighted by atomic mass is 32.1. The monoisotopic (exact) mass is 313 g/mol. The molecule has 0 saturated carbocycles. The van der Waals surface area contributed by atoms with Gasteiger partial charge in [-0.05, 0) is 31.0 Å². The molecule has 1 aliphatic rings. The summed E-state index contributed by atoms with van der Waals surface area (Å²) in [6.45, 7) is 8.89. The first-order valence-electron chi connectivity index (χ1n) is 7.33. The highest BCUT2D eigenvalue weighted by Crippen LogP contribution is 2.35. The Morgan fingerprint density at radius 1 is 1.55 bits per heavy atom. The van der Waals surface area contributed by atoms with E-state index in [-0.39, 0.29) is 5.91 Å². The molecule has 1 aromatic heterocycles. The van der Waals surface area contributed by atoms with Gasteiger partial charge in [0.25, 0.3) is 0 Å². The normalized spacial score (nSPS) is 13.1. The first kappa shape index (κ1) is 14.8. The maximum atomic E-state index is 11.6. The Bertz CT molecular complexity index is 736. The van der Waals surface area contributed by atoms with Crippen LogP contribution >= 0.6 is 11.3 Å². The predicted molar refractivity (Wildman–Crippen MR) is 92.7 cm³/mol. The van der Waals surface area contributed by atoms with E-state index in [1.165, 1.54) is 10.4 Å². The number of carbonyl (C=O) groups excluding carboxylic acids is 1. The Labute approximate surface area is 134 Å². The van der Waals surface area contributed by atoms with E-state index in [2.05, 4.69) is 35.9 Å². The Balaban J connectivity index is 1.92. The van der Waals surface area contributed by atoms with Crippen molar-refractivity contribution in [3.8, 4) is 11.3 Å². The SMILES string of the molecule is C=CCNc1nc(-c2ccc3c(c2)CCN3C(C)=O)c(C)s1. The van der Waals surface area contributed by atoms with Crippen LogP contribution in [0.25, 0.3) is 11.3 Å². The molecule has 1 amide bonds. The van der Waals surface area contributed by atoms with Crippen molar-refractivity contribution in [2.75, 3.05) is 23.3 Å². The molecule has 2 heterocycles. The quantitative estimate of drug-likeness (QED) is 0.877. The van der Waals surface area contributed by atoms with Crippen LogP contribution in [0.15, 0.2) is 30.9 Å². The fraction of sp³-hybridized carbons (Fsp3) is 0.294. The lowest BCUT2D eigenvalue weighted by atomic mass is 10.1. The molecule has 0 spiro atoms. The van der Waals surface area contributed by atoms with Crippen LogP contribution in [0, 0.1) is 6.92 Å². The number of amides is 1. The Morgan fingerprint density at radius 3 is 3.09 bits per heavy atom. The van der Waals surface area contributed by atoms with Gasteiger partial charge < -0.3 is 10.2 Å². The standard InChI is InChI=1S/C17H19N3OS/c1-4-8-18-17-19-16(11(2)22-17)14-5-6-15-13(10-14)7-9-20(15)12(3)21/h4-6,10H,1,7-9H2,2-3H3,(H,18,19). The number of rotatable bonds is 4. The highest BCUT2D eigenvalue weighted by molar-refractivity contribution is 7.16. The molecule has 0 bridgehead atoms. The topological polar surface area (TPSA) is 45.2 Å². The third kappa shape index (κ3) is 2.64. The number of benzene rings is 1. The molecule has 0 unspecified atom stereocenters. The molecule has 0 fully saturated rings. The molecular weight excluding hydrogens is 294 g/mol. The van der Waals surface area contributed by atoms with Gasteiger partial charge >= 0.3 is 0 Å². The van der Waals surface area contributed by atoms with Crippen molar-refractivity contribution in [3.05, 3.63) is 41.3 Å². The lowest BCUT2D eigenvalue weighted by Crippen LogP contribution is -2.25. The van der Waals surface area contributed by atoms with Crippen LogP contribution < -0.4 is 10.2 Å². The van der Waals surface area contributed by atoms with E-state index in [1.807, 2.05) is 17.0 Å². The van der Waals surface area contributed by atoms with Crippen LogP contribution in [-0.4, -0.2) is 24.0 Å². The number of nitrogens with one attached hydrogen (secondary N) is 1. The number of anilines is 2. The largest absolute Gasteiger partial charge is 0.358 e. The summed E-state index contributed by atoms with van der Waals surface area (Å²) in [4.78, 5) is 19.3. The molecule has 0 atom stereocenters. The summed E-state index contributed by atoms with van der Waals surface area (Å²) in [5.74, 6) is 0.104. The molecule has 1 aromatic carbocycles. The van der Waals surface area contributed by atoms with Crippen LogP contribution in [-0.2, 0) is 11.2 Å². The van der Waals surface area contributed by atoms with Crippen molar-refractivity contribution >= 4 is 28.1 Å². The van der Waals surface area contributed by atoms with Gasteiger partial charge in [-0.1, -0.05) is 12.1 Å². The number of fused-ring (bicyclic) bond motifs is 1. The second-order valence-electron chi connectivity index (χ2n) is 5.36. The zero-order valence-electron chi connectivity index (χ0n) is 12.8. The van der Waals surface area contributed by atoms with Crippen molar-refractivity contribution in [2.45, 2.75) is 20.3 Å². The van der Waals surface area contributed by atoms with Crippen LogP contribution in [0.3, 0.4) is 0 Å². The molecule has 2 aromatic rings. The summed E-state index contributed by atoms with van der Waals surface area (Å²) in [5.41, 5.74) is 4.39. The summed E-state index contributed by atoms with van der Waals surface area (Å²) in [7, 11) is 0. The van der Waals surface area contributed by atoms with E-state index in [9.17, 15) is 4.79 Å². The molecule has 22 heavy (non-hydrogen) atoms. The second-order valence-corrected chi connectivity index (χ2v) is 6.56. The summed E-state index contributed by atoms with van der Waals surface area (Å²) in [6.07, 6.45) is 2.73. The van der Waals surface area contributed by atoms with Crippen molar-refractivity contribution in [2.24, 2.45) is 0 Å². The van der Waals surface area contributed by atoms with E-state index in [0.717, 1.165) is 35.0 Å². The van der Waals surface area contributed by atoms with Gasteiger partial charge in [-0.3, -0.25) is 4.79 Å². The molecular formula is C17H19N3OS. The van der Waals surface area contributed by atoms with Crippen molar-refractivity contribution in [1.29, 1.82) is 0 Å². The summed E-state index contributed by atoms with van der Waals surface area (Å²) in [6, 6.07) is 6.26. The van der Waals surface area contributed by atoms with E-state index < -0.39 is 0 Å². The zero-order chi connectivity index (χ0) is 15.7. The number of hydrogen-bond acceptors (Lipinski definition) is 4. The maximum absolute atomic E-state index is 11.6. The Morgan fingerprint density at radius 2 is 2.36 bits per heavy atom. The molecule has 114 valence electrons. The van der Waals surface area contributed by atoms with Crippen LogP contribution in [0.2, 0.25) is 0 Å². The van der Waals surface area contributed by atoms with Gasteiger partial charge in [0.05, 0.1) is 5.69 Å². The van der Waals surface area contributed by atoms with Gasteiger partial charge in [0, 0.05) is 36.1 Å². The molecule has 5 heteroatoms. The van der Waals surface area contributed by atoms with Crippen molar-refractivity contribution in [3.63, 3.8) is 0 Å². The first-order chi connectivity index (χ1) is 10.6. The van der Waals surface area contributed by atoms with Gasteiger partial charge in [0.15, 0.2) is 5.13 Å². The number of nitrogens with zero attached hydrogens (tertiary/aromatic N) is 2. The summed E-state index contributed by atoms with van der Waals surface area (Å²) in [5, 5.41) is 4.15. The third-order valence-corrected chi connectivity index (χ3v) is 4.75. The highest BCUT2D eigenvalue weighted by Gasteiger charge is 2.23. The number of aromatic nitrogens is 1. The summed E-state index contributed by atoms with van der Waals surface area (Å²) < 4.78 is 0. The molecule has 3 rings (SSSR count). The predicted octanol–water partition coefficient (Wildman–Crippen LogP) is 3.63.